The topological polar surface area (TPSA) is 17.1 Å². The summed E-state index contributed by atoms with van der Waals surface area (Å²) in [7, 11) is 0. The number of hydrogen-bond donors (Lipinski definition) is 0. The summed E-state index contributed by atoms with van der Waals surface area (Å²) in [4.78, 5) is 11.7. The van der Waals surface area contributed by atoms with Crippen LogP contribution in [0.5, 0.6) is 0 Å². The average molecular weight is 198 g/mol. The van der Waals surface area contributed by atoms with Gasteiger partial charge in [0.25, 0.3) is 0 Å². The molecule has 1 heteroatoms. The highest BCUT2D eigenvalue weighted by Gasteiger charge is 2.13. The fourth-order valence-corrected chi connectivity index (χ4v) is 2.02. The number of fused-ring (bicyclic) bond motifs is 1. The maximum absolute atomic E-state index is 11.7. The van der Waals surface area contributed by atoms with Crippen LogP contribution in [0.2, 0.25) is 0 Å². The van der Waals surface area contributed by atoms with Gasteiger partial charge in [-0.25, -0.2) is 0 Å². The van der Waals surface area contributed by atoms with E-state index in [0.29, 0.717) is 6.42 Å². The van der Waals surface area contributed by atoms with Crippen molar-refractivity contribution in [2.75, 3.05) is 0 Å². The molecule has 0 unspecified atom stereocenters. The molecule has 0 fully saturated rings. The Labute approximate surface area is 90.5 Å². The first-order valence-electron chi connectivity index (χ1n) is 5.36. The van der Waals surface area contributed by atoms with Gasteiger partial charge in [-0.05, 0) is 43.4 Å². The fraction of sp³-hybridized carbons (Fsp3) is 0.357. The third-order valence-electron chi connectivity index (χ3n) is 2.85. The molecule has 15 heavy (non-hydrogen) atoms. The molecule has 1 aliphatic rings. The van der Waals surface area contributed by atoms with Gasteiger partial charge in [0.2, 0.25) is 0 Å². The minimum atomic E-state index is 0.138. The minimum Gasteiger partial charge on any atom is -0.293 e. The number of carbonyl (C=O) groups excluding carboxylic acids is 1. The molecule has 0 amide bonds. The van der Waals surface area contributed by atoms with E-state index in [1.54, 1.807) is 6.92 Å². The molecule has 2 rings (SSSR count). The third kappa shape index (κ3) is 2.10. The maximum Gasteiger partial charge on any atom is 0.174 e. The van der Waals surface area contributed by atoms with Gasteiger partial charge >= 0.3 is 0 Å². The third-order valence-corrected chi connectivity index (χ3v) is 2.85. The van der Waals surface area contributed by atoms with Crippen LogP contribution in [0.1, 0.15) is 41.3 Å². The predicted molar refractivity (Wildman–Crippen MR) is 60.9 cm³/mol. The SMILES string of the molecule is CC#CCC(=O)c1ccc2c(c1)CCC2. The molecule has 0 saturated heterocycles. The predicted octanol–water partition coefficient (Wildman–Crippen LogP) is 2.77. The first kappa shape index (κ1) is 9.98. The van der Waals surface area contributed by atoms with Crippen LogP contribution in [0.4, 0.5) is 0 Å². The lowest BCUT2D eigenvalue weighted by Gasteiger charge is -2.01. The largest absolute Gasteiger partial charge is 0.293 e. The van der Waals surface area contributed by atoms with Gasteiger partial charge in [0.1, 0.15) is 0 Å². The first-order chi connectivity index (χ1) is 7.31. The minimum absolute atomic E-state index is 0.138. The lowest BCUT2D eigenvalue weighted by atomic mass is 10.0. The molecule has 0 atom stereocenters. The molecule has 0 aliphatic heterocycles. The van der Waals surface area contributed by atoms with Crippen LogP contribution in [0, 0.1) is 11.8 Å². The molecular weight excluding hydrogens is 184 g/mol. The normalized spacial score (nSPS) is 12.9. The van der Waals surface area contributed by atoms with E-state index in [1.165, 1.54) is 24.0 Å². The van der Waals surface area contributed by atoms with E-state index >= 15 is 0 Å². The zero-order chi connectivity index (χ0) is 10.7. The highest BCUT2D eigenvalue weighted by molar-refractivity contribution is 5.97. The average Bonchev–Trinajstić information content (AvgIpc) is 2.72. The second-order valence-corrected chi connectivity index (χ2v) is 3.86. The van der Waals surface area contributed by atoms with Crippen LogP contribution in [-0.4, -0.2) is 5.78 Å². The summed E-state index contributed by atoms with van der Waals surface area (Å²) in [6.07, 6.45) is 3.85. The van der Waals surface area contributed by atoms with Crippen molar-refractivity contribution in [3.63, 3.8) is 0 Å². The maximum atomic E-state index is 11.7. The van der Waals surface area contributed by atoms with Gasteiger partial charge < -0.3 is 0 Å². The van der Waals surface area contributed by atoms with Crippen LogP contribution in [0.15, 0.2) is 18.2 Å². The Morgan fingerprint density at radius 2 is 2.13 bits per heavy atom. The van der Waals surface area contributed by atoms with Gasteiger partial charge in [0.15, 0.2) is 5.78 Å². The smallest absolute Gasteiger partial charge is 0.174 e. The second kappa shape index (κ2) is 4.31. The Morgan fingerprint density at radius 3 is 2.93 bits per heavy atom. The van der Waals surface area contributed by atoms with Crippen LogP contribution in [0.3, 0.4) is 0 Å². The molecule has 0 heterocycles. The molecule has 1 aromatic carbocycles. The molecule has 0 radical (unpaired) electrons. The first-order valence-corrected chi connectivity index (χ1v) is 5.36. The number of benzene rings is 1. The molecule has 0 bridgehead atoms. The van der Waals surface area contributed by atoms with Gasteiger partial charge in [0, 0.05) is 5.56 Å². The van der Waals surface area contributed by atoms with Crippen LogP contribution in [-0.2, 0) is 12.8 Å². The van der Waals surface area contributed by atoms with Gasteiger partial charge in [0.05, 0.1) is 6.42 Å². The second-order valence-electron chi connectivity index (χ2n) is 3.86. The summed E-state index contributed by atoms with van der Waals surface area (Å²) in [5.74, 6) is 5.70. The van der Waals surface area contributed by atoms with E-state index in [0.717, 1.165) is 12.0 Å². The monoisotopic (exact) mass is 198 g/mol. The van der Waals surface area contributed by atoms with Crippen molar-refractivity contribution in [3.05, 3.63) is 34.9 Å². The van der Waals surface area contributed by atoms with E-state index in [4.69, 9.17) is 0 Å². The van der Waals surface area contributed by atoms with Crippen LogP contribution in [0.25, 0.3) is 0 Å². The number of hydrogen-bond acceptors (Lipinski definition) is 1. The highest BCUT2D eigenvalue weighted by atomic mass is 16.1. The number of Topliss-reactive ketones (excluding diaryl/α,β-unsaturated/α-hetero) is 1. The standard InChI is InChI=1S/C14H14O/c1-2-3-7-14(15)13-9-8-11-5-4-6-12(11)10-13/h8-10H,4-7H2,1H3. The Balaban J connectivity index is 2.21. The lowest BCUT2D eigenvalue weighted by Crippen LogP contribution is -1.98. The van der Waals surface area contributed by atoms with Gasteiger partial charge in [-0.2, -0.15) is 0 Å². The lowest BCUT2D eigenvalue weighted by molar-refractivity contribution is 0.0998. The van der Waals surface area contributed by atoms with E-state index in [9.17, 15) is 4.79 Å². The van der Waals surface area contributed by atoms with E-state index in [2.05, 4.69) is 17.9 Å². The quantitative estimate of drug-likeness (QED) is 0.527. The summed E-state index contributed by atoms with van der Waals surface area (Å²) in [6, 6.07) is 6.07. The Bertz CT molecular complexity index is 446. The van der Waals surface area contributed by atoms with Crippen LogP contribution < -0.4 is 0 Å². The van der Waals surface area contributed by atoms with Crippen molar-refractivity contribution in [1.29, 1.82) is 0 Å². The zero-order valence-corrected chi connectivity index (χ0v) is 8.97. The Morgan fingerprint density at radius 1 is 1.33 bits per heavy atom. The highest BCUT2D eigenvalue weighted by Crippen LogP contribution is 2.23. The van der Waals surface area contributed by atoms with Crippen LogP contribution >= 0.6 is 0 Å². The number of carbonyl (C=O) groups is 1. The van der Waals surface area contributed by atoms with E-state index in [-0.39, 0.29) is 5.78 Å². The summed E-state index contributed by atoms with van der Waals surface area (Å²) in [5, 5.41) is 0. The van der Waals surface area contributed by atoms with Crippen molar-refractivity contribution in [1.82, 2.24) is 0 Å². The fourth-order valence-electron chi connectivity index (χ4n) is 2.02. The molecule has 76 valence electrons. The molecule has 1 aromatic rings. The van der Waals surface area contributed by atoms with Gasteiger partial charge in [-0.15, -0.1) is 5.92 Å². The molecular formula is C14H14O. The molecule has 1 aliphatic carbocycles. The van der Waals surface area contributed by atoms with Crippen molar-refractivity contribution < 1.29 is 4.79 Å². The number of ketones is 1. The summed E-state index contributed by atoms with van der Waals surface area (Å²) >= 11 is 0. The summed E-state index contributed by atoms with van der Waals surface area (Å²) in [6.45, 7) is 1.76. The van der Waals surface area contributed by atoms with E-state index in [1.807, 2.05) is 12.1 Å². The Hall–Kier alpha value is -1.55. The molecule has 0 spiro atoms. The zero-order valence-electron chi connectivity index (χ0n) is 8.97. The molecule has 1 nitrogen and oxygen atoms in total. The van der Waals surface area contributed by atoms with Crippen molar-refractivity contribution in [3.8, 4) is 11.8 Å². The summed E-state index contributed by atoms with van der Waals surface area (Å²) < 4.78 is 0. The van der Waals surface area contributed by atoms with Crippen molar-refractivity contribution >= 4 is 5.78 Å². The van der Waals surface area contributed by atoms with Gasteiger partial charge in [-0.1, -0.05) is 18.1 Å². The molecule has 0 aromatic heterocycles. The van der Waals surface area contributed by atoms with E-state index < -0.39 is 0 Å². The van der Waals surface area contributed by atoms with Crippen molar-refractivity contribution in [2.45, 2.75) is 32.6 Å². The van der Waals surface area contributed by atoms with Crippen molar-refractivity contribution in [2.24, 2.45) is 0 Å². The Kier molecular flexibility index (Phi) is 2.87. The van der Waals surface area contributed by atoms with Gasteiger partial charge in [-0.3, -0.25) is 4.79 Å². The number of rotatable bonds is 2. The summed E-state index contributed by atoms with van der Waals surface area (Å²) in [5.41, 5.74) is 3.58. The molecule has 0 N–H and O–H groups in total. The molecule has 0 saturated carbocycles. The number of aryl methyl sites for hydroxylation is 2.